The van der Waals surface area contributed by atoms with Gasteiger partial charge in [-0.2, -0.15) is 0 Å². The summed E-state index contributed by atoms with van der Waals surface area (Å²) in [4.78, 5) is 11.2. The molecule has 3 fully saturated rings. The van der Waals surface area contributed by atoms with E-state index in [2.05, 4.69) is 0 Å². The number of carboxylic acids is 1. The first-order chi connectivity index (χ1) is 20.7. The number of carbonyl (C=O) groups is 1. The number of aliphatic hydroxyl groups excluding tert-OH is 11. The minimum Gasteiger partial charge on any atom is -0.542 e. The summed E-state index contributed by atoms with van der Waals surface area (Å²) in [5, 5.41) is 124. The lowest BCUT2D eigenvalue weighted by Crippen LogP contribution is -2.66. The van der Waals surface area contributed by atoms with Gasteiger partial charge >= 0.3 is 0 Å². The lowest BCUT2D eigenvalue weighted by Gasteiger charge is -2.48. The molecule has 3 saturated heterocycles. The van der Waals surface area contributed by atoms with Gasteiger partial charge in [-0.05, 0) is 13.0 Å². The molecule has 254 valence electrons. The number of aliphatic carboxylic acids is 1. The second-order valence-electron chi connectivity index (χ2n) is 10.7. The molecule has 0 aromatic rings. The number of rotatable bonds is 9. The minimum absolute atomic E-state index is 0.654. The standard InChI is InChI=1S/C24H38O20/c1-5-17(12(30)14(32)23(38-5)44-19-11(29)8(3-25)39-21(37)16(19)34)42-24-15(33)13(31)18(9(4-26)41-24)43-22-10(28)6(27)2-7(40-22)20(35)36/h2,5-6,8-19,21-34,37H,3-4H2,1H3,(H,35,36)/p-1/t5-,6-,8+,9+,10+,11+,12-,13+,14+,15+,16+,17-,18+,19-,21+,22-,23-,24-/m0/s1. The van der Waals surface area contributed by atoms with Gasteiger partial charge in [-0.1, -0.05) is 0 Å². The molecule has 18 atom stereocenters. The quantitative estimate of drug-likeness (QED) is 0.111. The van der Waals surface area contributed by atoms with E-state index in [1.165, 1.54) is 6.92 Å². The molecule has 0 amide bonds. The van der Waals surface area contributed by atoms with Gasteiger partial charge < -0.3 is 99.2 Å². The zero-order chi connectivity index (χ0) is 32.6. The Morgan fingerprint density at radius 1 is 0.682 bits per heavy atom. The number of carboxylic acid groups (broad SMARTS) is 1. The van der Waals surface area contributed by atoms with E-state index in [0.717, 1.165) is 0 Å². The van der Waals surface area contributed by atoms with Crippen molar-refractivity contribution in [2.45, 2.75) is 118 Å². The molecule has 0 radical (unpaired) electrons. The highest BCUT2D eigenvalue weighted by molar-refractivity contribution is 5.82. The molecule has 0 aliphatic carbocycles. The van der Waals surface area contributed by atoms with E-state index < -0.39 is 136 Å². The molecule has 0 bridgehead atoms. The number of ether oxygens (including phenoxy) is 7. The number of hydrogen-bond donors (Lipinski definition) is 11. The van der Waals surface area contributed by atoms with Crippen LogP contribution in [0.5, 0.6) is 0 Å². The van der Waals surface area contributed by atoms with Crippen LogP contribution in [-0.2, 0) is 38.0 Å². The first-order valence-corrected chi connectivity index (χ1v) is 13.6. The zero-order valence-corrected chi connectivity index (χ0v) is 23.0. The molecule has 0 spiro atoms. The van der Waals surface area contributed by atoms with E-state index in [-0.39, 0.29) is 0 Å². The normalized spacial score (nSPS) is 50.0. The van der Waals surface area contributed by atoms with Crippen LogP contribution in [0.25, 0.3) is 0 Å². The Kier molecular flexibility index (Phi) is 11.5. The van der Waals surface area contributed by atoms with Gasteiger partial charge in [0.1, 0.15) is 91.1 Å². The number of aliphatic hydroxyl groups is 11. The zero-order valence-electron chi connectivity index (χ0n) is 23.0. The van der Waals surface area contributed by atoms with Crippen LogP contribution in [0, 0.1) is 0 Å². The van der Waals surface area contributed by atoms with Crippen LogP contribution in [0.3, 0.4) is 0 Å². The molecule has 4 rings (SSSR count). The molecule has 11 N–H and O–H groups in total. The van der Waals surface area contributed by atoms with Crippen molar-refractivity contribution < 1.29 is 99.2 Å². The van der Waals surface area contributed by atoms with Gasteiger partial charge in [0.15, 0.2) is 18.9 Å². The monoisotopic (exact) mass is 645 g/mol. The average molecular weight is 646 g/mol. The highest BCUT2D eigenvalue weighted by Crippen LogP contribution is 2.33. The van der Waals surface area contributed by atoms with E-state index in [1.807, 2.05) is 0 Å². The third kappa shape index (κ3) is 7.01. The van der Waals surface area contributed by atoms with Crippen LogP contribution < -0.4 is 5.11 Å². The Bertz CT molecular complexity index is 997. The first-order valence-electron chi connectivity index (χ1n) is 13.6. The highest BCUT2D eigenvalue weighted by Gasteiger charge is 2.53. The topological polar surface area (TPSA) is 327 Å². The fourth-order valence-electron chi connectivity index (χ4n) is 5.21. The minimum atomic E-state index is -1.99. The van der Waals surface area contributed by atoms with Crippen molar-refractivity contribution in [3.8, 4) is 0 Å². The fourth-order valence-corrected chi connectivity index (χ4v) is 5.21. The molecule has 4 aliphatic rings. The summed E-state index contributed by atoms with van der Waals surface area (Å²) >= 11 is 0. The van der Waals surface area contributed by atoms with Crippen LogP contribution in [0.1, 0.15) is 6.92 Å². The van der Waals surface area contributed by atoms with Crippen LogP contribution >= 0.6 is 0 Å². The molecule has 4 aliphatic heterocycles. The summed E-state index contributed by atoms with van der Waals surface area (Å²) in [6, 6.07) is 0. The fraction of sp³-hybridized carbons (Fsp3) is 0.875. The molecule has 20 heteroatoms. The summed E-state index contributed by atoms with van der Waals surface area (Å²) in [6.45, 7) is -0.301. The highest BCUT2D eigenvalue weighted by atomic mass is 16.8. The Morgan fingerprint density at radius 2 is 1.23 bits per heavy atom. The van der Waals surface area contributed by atoms with E-state index >= 15 is 0 Å². The van der Waals surface area contributed by atoms with Crippen molar-refractivity contribution >= 4 is 5.97 Å². The SMILES string of the molecule is C[C@@H]1O[C@@H](O[C@@H]2[C@@H](O)[C@H](O)O[C@H](CO)[C@H]2O)[C@H](O)[C@H](O)[C@H]1O[C@@H]1O[C@H](CO)[C@@H](O[C@@H]2OC(C(=O)[O-])=C[C@H](O)[C@H]2O)[C@H](O)[C@H]1O. The van der Waals surface area contributed by atoms with Gasteiger partial charge in [0.2, 0.25) is 6.29 Å². The summed E-state index contributed by atoms with van der Waals surface area (Å²) in [6.07, 6.45) is -30.4. The predicted molar refractivity (Wildman–Crippen MR) is 129 cm³/mol. The summed E-state index contributed by atoms with van der Waals surface area (Å²) < 4.78 is 37.3. The van der Waals surface area contributed by atoms with Crippen molar-refractivity contribution in [1.82, 2.24) is 0 Å². The lowest BCUT2D eigenvalue weighted by atomic mass is 9.96. The number of carbonyl (C=O) groups excluding carboxylic acids is 1. The molecule has 44 heavy (non-hydrogen) atoms. The second kappa shape index (κ2) is 14.4. The van der Waals surface area contributed by atoms with E-state index in [4.69, 9.17) is 33.2 Å². The third-order valence-corrected chi connectivity index (χ3v) is 7.71. The molecule has 20 nitrogen and oxygen atoms in total. The molecule has 0 saturated carbocycles. The van der Waals surface area contributed by atoms with Crippen LogP contribution in [-0.4, -0.2) is 186 Å². The van der Waals surface area contributed by atoms with Crippen LogP contribution in [0.4, 0.5) is 0 Å². The van der Waals surface area contributed by atoms with Gasteiger partial charge in [0.25, 0.3) is 0 Å². The maximum atomic E-state index is 11.2. The molecule has 0 aromatic carbocycles. The summed E-state index contributed by atoms with van der Waals surface area (Å²) in [5.74, 6) is -2.73. The summed E-state index contributed by atoms with van der Waals surface area (Å²) in [7, 11) is 0. The van der Waals surface area contributed by atoms with Crippen molar-refractivity contribution in [2.24, 2.45) is 0 Å². The predicted octanol–water partition coefficient (Wildman–Crippen LogP) is -8.81. The van der Waals surface area contributed by atoms with Gasteiger partial charge in [0.05, 0.1) is 19.3 Å². The molecular weight excluding hydrogens is 608 g/mol. The lowest BCUT2D eigenvalue weighted by molar-refractivity contribution is -0.380. The maximum absolute atomic E-state index is 11.2. The molecular formula is C24H37O20-. The number of hydrogen-bond acceptors (Lipinski definition) is 20. The maximum Gasteiger partial charge on any atom is 0.229 e. The smallest absolute Gasteiger partial charge is 0.229 e. The second-order valence-corrected chi connectivity index (χ2v) is 10.7. The van der Waals surface area contributed by atoms with Crippen LogP contribution in [0.2, 0.25) is 0 Å². The van der Waals surface area contributed by atoms with Gasteiger partial charge in [-0.3, -0.25) is 0 Å². The van der Waals surface area contributed by atoms with E-state index in [9.17, 15) is 66.1 Å². The van der Waals surface area contributed by atoms with Crippen molar-refractivity contribution in [2.75, 3.05) is 13.2 Å². The Morgan fingerprint density at radius 3 is 1.82 bits per heavy atom. The Labute approximate surface area is 248 Å². The molecule has 0 aromatic heterocycles. The Hall–Kier alpha value is -1.67. The summed E-state index contributed by atoms with van der Waals surface area (Å²) in [5.41, 5.74) is 0. The first kappa shape index (κ1) is 35.2. The van der Waals surface area contributed by atoms with Gasteiger partial charge in [0, 0.05) is 0 Å². The van der Waals surface area contributed by atoms with Crippen molar-refractivity contribution in [1.29, 1.82) is 0 Å². The Balaban J connectivity index is 1.41. The van der Waals surface area contributed by atoms with Crippen molar-refractivity contribution in [3.63, 3.8) is 0 Å². The van der Waals surface area contributed by atoms with E-state index in [0.29, 0.717) is 6.08 Å². The van der Waals surface area contributed by atoms with Crippen LogP contribution in [0.15, 0.2) is 11.8 Å². The third-order valence-electron chi connectivity index (χ3n) is 7.71. The van der Waals surface area contributed by atoms with Gasteiger partial charge in [-0.15, -0.1) is 0 Å². The van der Waals surface area contributed by atoms with E-state index in [1.54, 1.807) is 0 Å². The molecule has 4 heterocycles. The largest absolute Gasteiger partial charge is 0.542 e. The van der Waals surface area contributed by atoms with Crippen molar-refractivity contribution in [3.05, 3.63) is 11.8 Å². The van der Waals surface area contributed by atoms with Gasteiger partial charge in [-0.25, -0.2) is 0 Å². The average Bonchev–Trinajstić information content (AvgIpc) is 2.98. The molecule has 0 unspecified atom stereocenters.